The topological polar surface area (TPSA) is 90.9 Å². The summed E-state index contributed by atoms with van der Waals surface area (Å²) < 4.78 is 15.2. The van der Waals surface area contributed by atoms with E-state index in [9.17, 15) is 14.4 Å². The Kier molecular flexibility index (Phi) is 8.02. The third-order valence-corrected chi connectivity index (χ3v) is 3.78. The quantitative estimate of drug-likeness (QED) is 0.405. The first-order valence-corrected chi connectivity index (χ1v) is 8.94. The molecule has 0 fully saturated rings. The number of esters is 2. The van der Waals surface area contributed by atoms with E-state index in [0.717, 1.165) is 0 Å². The van der Waals surface area contributed by atoms with Crippen LogP contribution in [0, 0.1) is 0 Å². The van der Waals surface area contributed by atoms with Gasteiger partial charge in [-0.05, 0) is 49.7 Å². The minimum atomic E-state index is -0.459. The first kappa shape index (κ1) is 21.0. The number of hydrogen-bond donors (Lipinski definition) is 1. The highest BCUT2D eigenvalue weighted by Crippen LogP contribution is 2.17. The van der Waals surface area contributed by atoms with Crippen molar-refractivity contribution in [3.8, 4) is 11.5 Å². The van der Waals surface area contributed by atoms with Gasteiger partial charge in [-0.1, -0.05) is 12.1 Å². The average Bonchev–Trinajstić information content (AvgIpc) is 2.71. The second-order valence-electron chi connectivity index (χ2n) is 5.78. The molecule has 0 bridgehead atoms. The van der Waals surface area contributed by atoms with Crippen LogP contribution in [0.4, 0.5) is 0 Å². The summed E-state index contributed by atoms with van der Waals surface area (Å²) >= 11 is 0. The van der Waals surface area contributed by atoms with Crippen LogP contribution >= 0.6 is 0 Å². The van der Waals surface area contributed by atoms with Crippen molar-refractivity contribution < 1.29 is 28.6 Å². The molecular formula is C21H23NO6. The summed E-state index contributed by atoms with van der Waals surface area (Å²) in [7, 11) is 1.30. The van der Waals surface area contributed by atoms with E-state index in [-0.39, 0.29) is 12.3 Å². The smallest absolute Gasteiger partial charge is 0.337 e. The van der Waals surface area contributed by atoms with E-state index in [2.05, 4.69) is 10.1 Å². The van der Waals surface area contributed by atoms with Gasteiger partial charge in [0.15, 0.2) is 0 Å². The number of carbonyl (C=O) groups excluding carboxylic acids is 3. The molecule has 0 saturated heterocycles. The van der Waals surface area contributed by atoms with Gasteiger partial charge >= 0.3 is 11.9 Å². The summed E-state index contributed by atoms with van der Waals surface area (Å²) in [5, 5.41) is 2.77. The maximum atomic E-state index is 12.2. The van der Waals surface area contributed by atoms with E-state index in [0.29, 0.717) is 42.2 Å². The van der Waals surface area contributed by atoms with Crippen LogP contribution in [-0.2, 0) is 9.53 Å². The predicted molar refractivity (Wildman–Crippen MR) is 103 cm³/mol. The third-order valence-electron chi connectivity index (χ3n) is 3.78. The molecule has 0 aromatic heterocycles. The summed E-state index contributed by atoms with van der Waals surface area (Å²) in [6, 6.07) is 13.1. The Bertz CT molecular complexity index is 816. The second-order valence-corrected chi connectivity index (χ2v) is 5.78. The van der Waals surface area contributed by atoms with Gasteiger partial charge in [0.1, 0.15) is 11.5 Å². The van der Waals surface area contributed by atoms with Crippen LogP contribution in [-0.4, -0.2) is 38.1 Å². The minimum Gasteiger partial charge on any atom is -0.493 e. The standard InChI is InChI=1S/C21H23NO6/c1-3-27-18-8-5-4-7-17(18)20(24)22-14-6-9-19(23)28-16-12-10-15(11-13-16)21(25)26-2/h4-5,7-8,10-13H,3,6,9,14H2,1-2H3,(H,22,24). The van der Waals surface area contributed by atoms with Crippen molar-refractivity contribution >= 4 is 17.8 Å². The molecule has 0 aliphatic heterocycles. The van der Waals surface area contributed by atoms with E-state index in [1.807, 2.05) is 6.92 Å². The molecule has 0 spiro atoms. The highest BCUT2D eigenvalue weighted by molar-refractivity contribution is 5.96. The van der Waals surface area contributed by atoms with Crippen molar-refractivity contribution in [1.29, 1.82) is 0 Å². The van der Waals surface area contributed by atoms with Crippen LogP contribution in [0.25, 0.3) is 0 Å². The molecule has 1 amide bonds. The summed E-state index contributed by atoms with van der Waals surface area (Å²) in [5.74, 6) is -0.269. The number of para-hydroxylation sites is 1. The minimum absolute atomic E-state index is 0.145. The lowest BCUT2D eigenvalue weighted by atomic mass is 10.2. The highest BCUT2D eigenvalue weighted by atomic mass is 16.5. The summed E-state index contributed by atoms with van der Waals surface area (Å²) in [4.78, 5) is 35.5. The van der Waals surface area contributed by atoms with Crippen LogP contribution in [0.2, 0.25) is 0 Å². The van der Waals surface area contributed by atoms with Gasteiger partial charge in [0.2, 0.25) is 0 Å². The molecule has 2 rings (SSSR count). The first-order valence-electron chi connectivity index (χ1n) is 8.94. The molecule has 2 aromatic rings. The molecule has 1 N–H and O–H groups in total. The number of ether oxygens (including phenoxy) is 3. The van der Waals surface area contributed by atoms with Crippen molar-refractivity contribution in [2.24, 2.45) is 0 Å². The lowest BCUT2D eigenvalue weighted by Gasteiger charge is -2.10. The summed E-state index contributed by atoms with van der Waals surface area (Å²) in [5.41, 5.74) is 0.829. The average molecular weight is 385 g/mol. The van der Waals surface area contributed by atoms with Gasteiger partial charge in [-0.25, -0.2) is 4.79 Å². The summed E-state index contributed by atoms with van der Waals surface area (Å²) in [6.07, 6.45) is 0.577. The number of benzene rings is 2. The maximum absolute atomic E-state index is 12.2. The van der Waals surface area contributed by atoms with Crippen molar-refractivity contribution in [2.75, 3.05) is 20.3 Å². The Morgan fingerprint density at radius 1 is 1.00 bits per heavy atom. The van der Waals surface area contributed by atoms with E-state index in [1.165, 1.54) is 31.4 Å². The number of amides is 1. The third kappa shape index (κ3) is 6.12. The molecule has 0 radical (unpaired) electrons. The van der Waals surface area contributed by atoms with E-state index in [1.54, 1.807) is 24.3 Å². The van der Waals surface area contributed by atoms with Gasteiger partial charge in [-0.15, -0.1) is 0 Å². The van der Waals surface area contributed by atoms with E-state index < -0.39 is 11.9 Å². The molecule has 0 saturated carbocycles. The lowest BCUT2D eigenvalue weighted by Crippen LogP contribution is -2.25. The van der Waals surface area contributed by atoms with Crippen LogP contribution in [0.3, 0.4) is 0 Å². The Balaban J connectivity index is 1.75. The molecule has 0 aliphatic rings. The van der Waals surface area contributed by atoms with Crippen molar-refractivity contribution in [3.05, 3.63) is 59.7 Å². The molecule has 0 aliphatic carbocycles. The molecule has 0 atom stereocenters. The Hall–Kier alpha value is -3.35. The van der Waals surface area contributed by atoms with Crippen molar-refractivity contribution in [2.45, 2.75) is 19.8 Å². The van der Waals surface area contributed by atoms with Gasteiger partial charge in [-0.3, -0.25) is 9.59 Å². The van der Waals surface area contributed by atoms with E-state index >= 15 is 0 Å². The molecule has 0 unspecified atom stereocenters. The zero-order valence-electron chi connectivity index (χ0n) is 15.9. The fraction of sp³-hybridized carbons (Fsp3) is 0.286. The lowest BCUT2D eigenvalue weighted by molar-refractivity contribution is -0.134. The van der Waals surface area contributed by atoms with Crippen LogP contribution in [0.1, 0.15) is 40.5 Å². The number of nitrogens with one attached hydrogen (secondary N) is 1. The molecule has 2 aromatic carbocycles. The van der Waals surface area contributed by atoms with Crippen LogP contribution < -0.4 is 14.8 Å². The molecule has 28 heavy (non-hydrogen) atoms. The zero-order chi connectivity index (χ0) is 20.4. The molecule has 7 nitrogen and oxygen atoms in total. The number of methoxy groups -OCH3 is 1. The van der Waals surface area contributed by atoms with Crippen LogP contribution in [0.15, 0.2) is 48.5 Å². The Morgan fingerprint density at radius 2 is 1.71 bits per heavy atom. The number of hydrogen-bond acceptors (Lipinski definition) is 6. The highest BCUT2D eigenvalue weighted by Gasteiger charge is 2.12. The van der Waals surface area contributed by atoms with Gasteiger partial charge in [-0.2, -0.15) is 0 Å². The Labute approximate surface area is 163 Å². The van der Waals surface area contributed by atoms with Gasteiger partial charge in [0.05, 0.1) is 24.8 Å². The number of carbonyl (C=O) groups is 3. The fourth-order valence-electron chi connectivity index (χ4n) is 2.42. The van der Waals surface area contributed by atoms with Gasteiger partial charge in [0, 0.05) is 13.0 Å². The molecule has 7 heteroatoms. The molecule has 0 heterocycles. The van der Waals surface area contributed by atoms with Crippen molar-refractivity contribution in [1.82, 2.24) is 5.32 Å². The molecular weight excluding hydrogens is 362 g/mol. The zero-order valence-corrected chi connectivity index (χ0v) is 15.9. The second kappa shape index (κ2) is 10.7. The SMILES string of the molecule is CCOc1ccccc1C(=O)NCCCC(=O)Oc1ccc(C(=O)OC)cc1. The fourth-order valence-corrected chi connectivity index (χ4v) is 2.42. The normalized spacial score (nSPS) is 10.1. The molecule has 148 valence electrons. The predicted octanol–water partition coefficient (Wildman–Crippen LogP) is 2.99. The monoisotopic (exact) mass is 385 g/mol. The maximum Gasteiger partial charge on any atom is 0.337 e. The largest absolute Gasteiger partial charge is 0.493 e. The van der Waals surface area contributed by atoms with Gasteiger partial charge in [0.25, 0.3) is 5.91 Å². The number of rotatable bonds is 9. The van der Waals surface area contributed by atoms with Crippen LogP contribution in [0.5, 0.6) is 11.5 Å². The Morgan fingerprint density at radius 3 is 2.39 bits per heavy atom. The summed E-state index contributed by atoms with van der Waals surface area (Å²) in [6.45, 7) is 2.65. The first-order chi connectivity index (χ1) is 13.5. The van der Waals surface area contributed by atoms with Gasteiger partial charge < -0.3 is 19.5 Å². The van der Waals surface area contributed by atoms with Crippen molar-refractivity contribution in [3.63, 3.8) is 0 Å². The van der Waals surface area contributed by atoms with E-state index in [4.69, 9.17) is 9.47 Å².